The Kier molecular flexibility index (Phi) is 2.90. The number of carbonyl (C=O) groups is 2. The zero-order chi connectivity index (χ0) is 10.0. The van der Waals surface area contributed by atoms with Gasteiger partial charge >= 0.3 is 5.97 Å². The molecule has 0 aromatic heterocycles. The van der Waals surface area contributed by atoms with Crippen molar-refractivity contribution in [2.24, 2.45) is 11.8 Å². The van der Waals surface area contributed by atoms with Crippen LogP contribution in [0.25, 0.3) is 0 Å². The van der Waals surface area contributed by atoms with Crippen LogP contribution in [0.5, 0.6) is 0 Å². The van der Waals surface area contributed by atoms with Crippen LogP contribution in [0.4, 0.5) is 0 Å². The van der Waals surface area contributed by atoms with Gasteiger partial charge in [-0.3, -0.25) is 9.59 Å². The SMILES string of the molecule is CC1CC(C)C(CC(=O)O)C(=O)N1. The van der Waals surface area contributed by atoms with Gasteiger partial charge < -0.3 is 10.4 Å². The lowest BCUT2D eigenvalue weighted by Gasteiger charge is -2.31. The molecule has 0 aromatic rings. The van der Waals surface area contributed by atoms with E-state index in [1.165, 1.54) is 0 Å². The van der Waals surface area contributed by atoms with Crippen molar-refractivity contribution in [3.8, 4) is 0 Å². The van der Waals surface area contributed by atoms with E-state index in [1.807, 2.05) is 13.8 Å². The lowest BCUT2D eigenvalue weighted by atomic mass is 9.82. The second-order valence-corrected chi connectivity index (χ2v) is 3.83. The number of carboxylic acid groups (broad SMARTS) is 1. The minimum atomic E-state index is -0.901. The molecule has 13 heavy (non-hydrogen) atoms. The number of carboxylic acids is 1. The molecule has 74 valence electrons. The van der Waals surface area contributed by atoms with Crippen molar-refractivity contribution in [2.45, 2.75) is 32.7 Å². The second-order valence-electron chi connectivity index (χ2n) is 3.83. The van der Waals surface area contributed by atoms with Gasteiger partial charge in [-0.2, -0.15) is 0 Å². The molecule has 0 spiro atoms. The van der Waals surface area contributed by atoms with Gasteiger partial charge in [0.25, 0.3) is 0 Å². The van der Waals surface area contributed by atoms with Crippen LogP contribution in [-0.4, -0.2) is 23.0 Å². The predicted molar refractivity (Wildman–Crippen MR) is 47.1 cm³/mol. The summed E-state index contributed by atoms with van der Waals surface area (Å²) in [5.74, 6) is -1.20. The van der Waals surface area contributed by atoms with Crippen molar-refractivity contribution in [2.75, 3.05) is 0 Å². The Morgan fingerprint density at radius 2 is 2.23 bits per heavy atom. The average Bonchev–Trinajstić information content (AvgIpc) is 1.96. The maximum Gasteiger partial charge on any atom is 0.304 e. The van der Waals surface area contributed by atoms with E-state index in [1.54, 1.807) is 0 Å². The Balaban J connectivity index is 2.61. The van der Waals surface area contributed by atoms with Gasteiger partial charge in [0, 0.05) is 6.04 Å². The van der Waals surface area contributed by atoms with E-state index >= 15 is 0 Å². The Hall–Kier alpha value is -1.06. The first-order valence-electron chi connectivity index (χ1n) is 4.53. The minimum Gasteiger partial charge on any atom is -0.481 e. The average molecular weight is 185 g/mol. The van der Waals surface area contributed by atoms with Gasteiger partial charge in [-0.05, 0) is 19.3 Å². The number of rotatable bonds is 2. The van der Waals surface area contributed by atoms with Crippen LogP contribution in [0.15, 0.2) is 0 Å². The molecule has 1 saturated heterocycles. The Morgan fingerprint density at radius 3 is 2.69 bits per heavy atom. The summed E-state index contributed by atoms with van der Waals surface area (Å²) in [4.78, 5) is 21.8. The van der Waals surface area contributed by atoms with E-state index in [2.05, 4.69) is 5.32 Å². The van der Waals surface area contributed by atoms with Gasteiger partial charge in [-0.1, -0.05) is 6.92 Å². The highest BCUT2D eigenvalue weighted by molar-refractivity contribution is 5.84. The van der Waals surface area contributed by atoms with Gasteiger partial charge in [-0.25, -0.2) is 0 Å². The van der Waals surface area contributed by atoms with E-state index < -0.39 is 5.97 Å². The monoisotopic (exact) mass is 185 g/mol. The normalized spacial score (nSPS) is 34.0. The first-order valence-corrected chi connectivity index (χ1v) is 4.53. The van der Waals surface area contributed by atoms with Gasteiger partial charge in [0.05, 0.1) is 12.3 Å². The molecule has 3 unspecified atom stereocenters. The molecule has 0 aliphatic carbocycles. The summed E-state index contributed by atoms with van der Waals surface area (Å²) in [6.45, 7) is 3.87. The maximum atomic E-state index is 11.4. The number of amides is 1. The van der Waals surface area contributed by atoms with E-state index in [0.29, 0.717) is 0 Å². The molecule has 4 heteroatoms. The van der Waals surface area contributed by atoms with Gasteiger partial charge in [0.2, 0.25) is 5.91 Å². The van der Waals surface area contributed by atoms with Crippen molar-refractivity contribution in [1.29, 1.82) is 0 Å². The molecular weight excluding hydrogens is 170 g/mol. The van der Waals surface area contributed by atoms with Crippen molar-refractivity contribution < 1.29 is 14.7 Å². The van der Waals surface area contributed by atoms with E-state index in [-0.39, 0.29) is 30.2 Å². The number of piperidine rings is 1. The zero-order valence-corrected chi connectivity index (χ0v) is 7.91. The fourth-order valence-corrected chi connectivity index (χ4v) is 1.87. The van der Waals surface area contributed by atoms with Gasteiger partial charge in [0.1, 0.15) is 0 Å². The summed E-state index contributed by atoms with van der Waals surface area (Å²) in [6.07, 6.45) is 0.809. The molecule has 0 bridgehead atoms. The van der Waals surface area contributed by atoms with Crippen LogP contribution in [0.1, 0.15) is 26.7 Å². The fraction of sp³-hybridized carbons (Fsp3) is 0.778. The van der Waals surface area contributed by atoms with E-state index in [0.717, 1.165) is 6.42 Å². The van der Waals surface area contributed by atoms with Crippen molar-refractivity contribution >= 4 is 11.9 Å². The third-order valence-electron chi connectivity index (χ3n) is 2.53. The molecule has 0 saturated carbocycles. The Labute approximate surface area is 77.3 Å². The van der Waals surface area contributed by atoms with Gasteiger partial charge in [-0.15, -0.1) is 0 Å². The minimum absolute atomic E-state index is 0.0558. The molecule has 1 fully saturated rings. The van der Waals surface area contributed by atoms with E-state index in [4.69, 9.17) is 5.11 Å². The first-order chi connectivity index (χ1) is 6.00. The topological polar surface area (TPSA) is 66.4 Å². The second kappa shape index (κ2) is 3.77. The van der Waals surface area contributed by atoms with E-state index in [9.17, 15) is 9.59 Å². The number of nitrogens with one attached hydrogen (secondary N) is 1. The maximum absolute atomic E-state index is 11.4. The van der Waals surface area contributed by atoms with Crippen molar-refractivity contribution in [1.82, 2.24) is 5.32 Å². The summed E-state index contributed by atoms with van der Waals surface area (Å²) < 4.78 is 0. The number of hydrogen-bond acceptors (Lipinski definition) is 2. The Morgan fingerprint density at radius 1 is 1.62 bits per heavy atom. The van der Waals surface area contributed by atoms with Crippen LogP contribution in [0.3, 0.4) is 0 Å². The van der Waals surface area contributed by atoms with Crippen LogP contribution < -0.4 is 5.32 Å². The van der Waals surface area contributed by atoms with Crippen molar-refractivity contribution in [3.05, 3.63) is 0 Å². The highest BCUT2D eigenvalue weighted by Crippen LogP contribution is 2.25. The summed E-state index contributed by atoms with van der Waals surface area (Å²) >= 11 is 0. The Bertz CT molecular complexity index is 227. The molecule has 2 N–H and O–H groups in total. The largest absolute Gasteiger partial charge is 0.481 e. The molecular formula is C9H15NO3. The third-order valence-corrected chi connectivity index (χ3v) is 2.53. The van der Waals surface area contributed by atoms with Crippen LogP contribution in [0, 0.1) is 11.8 Å². The number of carbonyl (C=O) groups excluding carboxylic acids is 1. The lowest BCUT2D eigenvalue weighted by Crippen LogP contribution is -2.47. The highest BCUT2D eigenvalue weighted by Gasteiger charge is 2.33. The molecule has 0 radical (unpaired) electrons. The molecule has 3 atom stereocenters. The standard InChI is InChI=1S/C9H15NO3/c1-5-3-6(2)10-9(13)7(5)4-8(11)12/h5-7H,3-4H2,1-2H3,(H,10,13)(H,11,12). The van der Waals surface area contributed by atoms with Crippen LogP contribution in [0.2, 0.25) is 0 Å². The summed E-state index contributed by atoms with van der Waals surface area (Å²) in [5.41, 5.74) is 0. The summed E-state index contributed by atoms with van der Waals surface area (Å²) in [5, 5.41) is 11.4. The summed E-state index contributed by atoms with van der Waals surface area (Å²) in [7, 11) is 0. The number of hydrogen-bond donors (Lipinski definition) is 2. The smallest absolute Gasteiger partial charge is 0.304 e. The molecule has 1 heterocycles. The molecule has 1 aliphatic rings. The third kappa shape index (κ3) is 2.44. The molecule has 0 aromatic carbocycles. The quantitative estimate of drug-likeness (QED) is 0.662. The predicted octanol–water partition coefficient (Wildman–Crippen LogP) is 0.622. The zero-order valence-electron chi connectivity index (χ0n) is 7.91. The summed E-state index contributed by atoms with van der Waals surface area (Å²) in [6, 6.07) is 0.174. The van der Waals surface area contributed by atoms with Crippen LogP contribution >= 0.6 is 0 Å². The molecule has 1 rings (SSSR count). The lowest BCUT2D eigenvalue weighted by molar-refractivity contribution is -0.143. The fourth-order valence-electron chi connectivity index (χ4n) is 1.87. The van der Waals surface area contributed by atoms with Crippen LogP contribution in [-0.2, 0) is 9.59 Å². The molecule has 1 aliphatic heterocycles. The van der Waals surface area contributed by atoms with Crippen molar-refractivity contribution in [3.63, 3.8) is 0 Å². The molecule has 4 nitrogen and oxygen atoms in total. The first kappa shape index (κ1) is 10.0. The van der Waals surface area contributed by atoms with Gasteiger partial charge in [0.15, 0.2) is 0 Å². The number of aliphatic carboxylic acids is 1. The molecule has 1 amide bonds. The highest BCUT2D eigenvalue weighted by atomic mass is 16.4.